The largest absolute Gasteiger partial charge is 0.369 e. The summed E-state index contributed by atoms with van der Waals surface area (Å²) >= 11 is 1.68. The maximum atomic E-state index is 12.1. The first-order valence-corrected chi connectivity index (χ1v) is 15.0. The van der Waals surface area contributed by atoms with E-state index in [-0.39, 0.29) is 5.54 Å². The number of fused-ring (bicyclic) bond motifs is 1. The van der Waals surface area contributed by atoms with E-state index >= 15 is 0 Å². The zero-order valence-corrected chi connectivity index (χ0v) is 23.4. The molecule has 0 saturated heterocycles. The first-order valence-electron chi connectivity index (χ1n) is 12.7. The van der Waals surface area contributed by atoms with Gasteiger partial charge in [-0.3, -0.25) is 9.19 Å². The monoisotopic (exact) mass is 514 g/mol. The van der Waals surface area contributed by atoms with E-state index in [1.165, 1.54) is 12.8 Å². The normalized spacial score (nSPS) is 15.8. The van der Waals surface area contributed by atoms with Crippen LogP contribution < -0.4 is 10.6 Å². The molecule has 1 saturated carbocycles. The summed E-state index contributed by atoms with van der Waals surface area (Å²) in [7, 11) is -0.746. The van der Waals surface area contributed by atoms with E-state index in [1.807, 2.05) is 20.0 Å². The molecule has 3 heterocycles. The van der Waals surface area contributed by atoms with Crippen molar-refractivity contribution < 1.29 is 4.21 Å². The molecule has 0 bridgehead atoms. The molecule has 3 aromatic rings. The molecule has 1 aliphatic rings. The van der Waals surface area contributed by atoms with Crippen molar-refractivity contribution in [1.29, 1.82) is 0 Å². The lowest BCUT2D eigenvalue weighted by molar-refractivity contribution is 0.533. The van der Waals surface area contributed by atoms with Gasteiger partial charge in [-0.2, -0.15) is 4.98 Å². The summed E-state index contributed by atoms with van der Waals surface area (Å²) in [4.78, 5) is 19.4. The minimum absolute atomic E-state index is 0.149. The summed E-state index contributed by atoms with van der Waals surface area (Å²) in [6, 6.07) is 2.06. The van der Waals surface area contributed by atoms with Gasteiger partial charge in [0.25, 0.3) is 0 Å². The van der Waals surface area contributed by atoms with Gasteiger partial charge in [0.05, 0.1) is 21.7 Å². The number of pyridine rings is 1. The second-order valence-corrected chi connectivity index (χ2v) is 13.3. The fraction of sp³-hybridized carbons (Fsp3) is 0.615. The van der Waals surface area contributed by atoms with Crippen molar-refractivity contribution in [2.75, 3.05) is 28.7 Å². The highest BCUT2D eigenvalue weighted by atomic mass is 32.2. The van der Waals surface area contributed by atoms with Crippen LogP contribution in [0.15, 0.2) is 12.3 Å². The second-order valence-electron chi connectivity index (χ2n) is 10.5. The van der Waals surface area contributed by atoms with E-state index in [0.29, 0.717) is 17.8 Å². The summed E-state index contributed by atoms with van der Waals surface area (Å²) in [6.45, 7) is 13.3. The van der Waals surface area contributed by atoms with Crippen LogP contribution in [0.1, 0.15) is 77.6 Å². The Balaban J connectivity index is 1.66. The summed E-state index contributed by atoms with van der Waals surface area (Å²) in [5, 5.41) is 7.93. The van der Waals surface area contributed by atoms with E-state index in [0.717, 1.165) is 68.9 Å². The SMILES string of the molecule is CCC(CCNc1nc(NC(C)(C)C)nc(C)c1-c1nc2c(C3CC3)nccc2s1)CS(=O)CC. The molecule has 9 heteroatoms. The molecule has 4 rings (SSSR count). The van der Waals surface area contributed by atoms with Gasteiger partial charge < -0.3 is 10.6 Å². The Bertz CT molecular complexity index is 1200. The Hall–Kier alpha value is -2.13. The van der Waals surface area contributed by atoms with E-state index in [9.17, 15) is 4.21 Å². The zero-order chi connectivity index (χ0) is 25.2. The summed E-state index contributed by atoms with van der Waals surface area (Å²) in [5.41, 5.74) is 3.85. The van der Waals surface area contributed by atoms with Crippen molar-refractivity contribution in [2.24, 2.45) is 5.92 Å². The highest BCUT2D eigenvalue weighted by molar-refractivity contribution is 7.84. The lowest BCUT2D eigenvalue weighted by Crippen LogP contribution is -2.28. The van der Waals surface area contributed by atoms with E-state index in [4.69, 9.17) is 15.0 Å². The molecular formula is C26H38N6OS2. The Morgan fingerprint density at radius 1 is 1.20 bits per heavy atom. The van der Waals surface area contributed by atoms with Crippen LogP contribution in [0, 0.1) is 12.8 Å². The maximum absolute atomic E-state index is 12.1. The molecule has 2 unspecified atom stereocenters. The topological polar surface area (TPSA) is 92.7 Å². The van der Waals surface area contributed by atoms with Crippen LogP contribution in [0.5, 0.6) is 0 Å². The summed E-state index contributed by atoms with van der Waals surface area (Å²) in [5.74, 6) is 3.86. The second kappa shape index (κ2) is 10.9. The Kier molecular flexibility index (Phi) is 8.06. The maximum Gasteiger partial charge on any atom is 0.225 e. The minimum atomic E-state index is -0.746. The number of hydrogen-bond donors (Lipinski definition) is 2. The number of anilines is 2. The molecule has 0 aromatic carbocycles. The fourth-order valence-corrected chi connectivity index (χ4v) is 6.40. The van der Waals surface area contributed by atoms with Crippen molar-refractivity contribution in [2.45, 2.75) is 78.7 Å². The van der Waals surface area contributed by atoms with Gasteiger partial charge in [-0.15, -0.1) is 11.3 Å². The van der Waals surface area contributed by atoms with Crippen molar-refractivity contribution in [3.05, 3.63) is 23.7 Å². The molecule has 1 fully saturated rings. The van der Waals surface area contributed by atoms with Crippen molar-refractivity contribution in [3.8, 4) is 10.6 Å². The molecule has 0 spiro atoms. The van der Waals surface area contributed by atoms with Gasteiger partial charge in [-0.05, 0) is 58.9 Å². The smallest absolute Gasteiger partial charge is 0.225 e. The molecule has 7 nitrogen and oxygen atoms in total. The minimum Gasteiger partial charge on any atom is -0.369 e. The molecule has 35 heavy (non-hydrogen) atoms. The number of rotatable bonds is 11. The first-order chi connectivity index (χ1) is 16.7. The summed E-state index contributed by atoms with van der Waals surface area (Å²) in [6.07, 6.45) is 6.27. The van der Waals surface area contributed by atoms with Gasteiger partial charge in [-0.25, -0.2) is 9.97 Å². The molecule has 190 valence electrons. The van der Waals surface area contributed by atoms with Crippen molar-refractivity contribution in [1.82, 2.24) is 19.9 Å². The molecule has 2 atom stereocenters. The standard InChI is InChI=1S/C26H38N6OS2/c1-7-17(15-35(33)8-2)11-13-28-23-20(16(3)29-25(31-23)32-26(4,5)6)24-30-22-19(34-24)12-14-27-21(22)18-9-10-18/h12,14,17-18H,7-11,13,15H2,1-6H3,(H2,28,29,31,32). The molecule has 0 amide bonds. The molecule has 2 N–H and O–H groups in total. The lowest BCUT2D eigenvalue weighted by Gasteiger charge is -2.22. The van der Waals surface area contributed by atoms with Crippen LogP contribution in [-0.2, 0) is 10.8 Å². The van der Waals surface area contributed by atoms with Gasteiger partial charge in [0.2, 0.25) is 5.95 Å². The molecule has 0 aliphatic heterocycles. The highest BCUT2D eigenvalue weighted by Crippen LogP contribution is 2.44. The predicted molar refractivity (Wildman–Crippen MR) is 149 cm³/mol. The van der Waals surface area contributed by atoms with Gasteiger partial charge >= 0.3 is 0 Å². The quantitative estimate of drug-likeness (QED) is 0.317. The van der Waals surface area contributed by atoms with Gasteiger partial charge in [0.15, 0.2) is 0 Å². The molecular weight excluding hydrogens is 476 g/mol. The Morgan fingerprint density at radius 2 is 1.97 bits per heavy atom. The number of nitrogens with zero attached hydrogens (tertiary/aromatic N) is 4. The summed E-state index contributed by atoms with van der Waals surface area (Å²) < 4.78 is 13.2. The van der Waals surface area contributed by atoms with Gasteiger partial charge in [0, 0.05) is 46.5 Å². The Labute approximate surface area is 215 Å². The van der Waals surface area contributed by atoms with Crippen molar-refractivity contribution >= 4 is 44.1 Å². The van der Waals surface area contributed by atoms with Crippen LogP contribution in [0.4, 0.5) is 11.8 Å². The molecule has 3 aromatic heterocycles. The fourth-order valence-electron chi connectivity index (χ4n) is 4.17. The number of hydrogen-bond acceptors (Lipinski definition) is 8. The number of thiazole rings is 1. The number of aryl methyl sites for hydroxylation is 1. The zero-order valence-electron chi connectivity index (χ0n) is 21.8. The highest BCUT2D eigenvalue weighted by Gasteiger charge is 2.29. The predicted octanol–water partition coefficient (Wildman–Crippen LogP) is 6.14. The third-order valence-corrected chi connectivity index (χ3v) is 8.78. The van der Waals surface area contributed by atoms with Crippen LogP contribution in [0.25, 0.3) is 20.8 Å². The first kappa shape index (κ1) is 25.9. The van der Waals surface area contributed by atoms with Gasteiger partial charge in [0.1, 0.15) is 16.3 Å². The third kappa shape index (κ3) is 6.55. The van der Waals surface area contributed by atoms with Crippen LogP contribution in [0.3, 0.4) is 0 Å². The molecule has 0 radical (unpaired) electrons. The number of nitrogens with one attached hydrogen (secondary N) is 2. The average Bonchev–Trinajstić information content (AvgIpc) is 3.54. The van der Waals surface area contributed by atoms with Crippen LogP contribution >= 0.6 is 11.3 Å². The van der Waals surface area contributed by atoms with Crippen LogP contribution in [0.2, 0.25) is 0 Å². The number of aromatic nitrogens is 4. The van der Waals surface area contributed by atoms with E-state index in [2.05, 4.69) is 49.4 Å². The van der Waals surface area contributed by atoms with Crippen molar-refractivity contribution in [3.63, 3.8) is 0 Å². The van der Waals surface area contributed by atoms with E-state index < -0.39 is 10.8 Å². The third-order valence-electron chi connectivity index (χ3n) is 6.26. The van der Waals surface area contributed by atoms with Gasteiger partial charge in [-0.1, -0.05) is 20.3 Å². The lowest BCUT2D eigenvalue weighted by atomic mass is 10.1. The van der Waals surface area contributed by atoms with Crippen LogP contribution in [-0.4, -0.2) is 47.7 Å². The Morgan fingerprint density at radius 3 is 2.63 bits per heavy atom. The van der Waals surface area contributed by atoms with E-state index in [1.54, 1.807) is 11.3 Å². The average molecular weight is 515 g/mol. The molecule has 1 aliphatic carbocycles.